The lowest BCUT2D eigenvalue weighted by Gasteiger charge is -2.19. The molecule has 2 amide bonds. The standard InChI is InChI=1S/C22H18N4O6S/c27-20(26-11-33-10-17(26)21(28)29)18-19(25-32-24-18)23-22(30)31-9-16-14-7-3-1-5-12(14)13-6-2-4-8-15(13)16/h1-8,16-17H,9-11H2,(H,28,29)(H,23,25,30). The fourth-order valence-electron chi connectivity index (χ4n) is 4.13. The molecule has 1 fully saturated rings. The number of aromatic nitrogens is 2. The zero-order chi connectivity index (χ0) is 22.9. The summed E-state index contributed by atoms with van der Waals surface area (Å²) in [5.74, 6) is -1.71. The average molecular weight is 466 g/mol. The van der Waals surface area contributed by atoms with Crippen LogP contribution in [0.3, 0.4) is 0 Å². The number of nitrogens with one attached hydrogen (secondary N) is 1. The molecule has 2 heterocycles. The first kappa shape index (κ1) is 21.0. The number of thioether (sulfide) groups is 1. The second-order valence-corrected chi connectivity index (χ2v) is 8.54. The minimum atomic E-state index is -1.11. The van der Waals surface area contributed by atoms with Gasteiger partial charge < -0.3 is 14.7 Å². The minimum absolute atomic E-state index is 0.0816. The highest BCUT2D eigenvalue weighted by Crippen LogP contribution is 2.44. The van der Waals surface area contributed by atoms with Crippen molar-refractivity contribution in [3.8, 4) is 11.1 Å². The maximum atomic E-state index is 12.8. The van der Waals surface area contributed by atoms with Crippen LogP contribution in [-0.2, 0) is 9.53 Å². The molecule has 1 atom stereocenters. The lowest BCUT2D eigenvalue weighted by atomic mass is 9.98. The quantitative estimate of drug-likeness (QED) is 0.582. The monoisotopic (exact) mass is 466 g/mol. The third-order valence-electron chi connectivity index (χ3n) is 5.68. The molecule has 1 aromatic heterocycles. The first-order valence-electron chi connectivity index (χ1n) is 10.1. The van der Waals surface area contributed by atoms with E-state index < -0.39 is 24.0 Å². The molecule has 1 aliphatic carbocycles. The average Bonchev–Trinajstić information content (AvgIpc) is 3.55. The van der Waals surface area contributed by atoms with Crippen molar-refractivity contribution in [2.24, 2.45) is 0 Å². The van der Waals surface area contributed by atoms with Gasteiger partial charge in [-0.05, 0) is 32.6 Å². The maximum Gasteiger partial charge on any atom is 0.412 e. The van der Waals surface area contributed by atoms with Gasteiger partial charge in [0, 0.05) is 11.7 Å². The number of carboxylic acid groups (broad SMARTS) is 1. The zero-order valence-corrected chi connectivity index (χ0v) is 17.9. The summed E-state index contributed by atoms with van der Waals surface area (Å²) in [5, 5.41) is 18.8. The first-order valence-corrected chi connectivity index (χ1v) is 11.3. The Balaban J connectivity index is 1.28. The Morgan fingerprint density at radius 3 is 2.42 bits per heavy atom. The van der Waals surface area contributed by atoms with E-state index in [1.807, 2.05) is 48.5 Å². The summed E-state index contributed by atoms with van der Waals surface area (Å²) in [5.41, 5.74) is 4.06. The highest BCUT2D eigenvalue weighted by Gasteiger charge is 2.38. The van der Waals surface area contributed by atoms with E-state index in [0.717, 1.165) is 27.2 Å². The summed E-state index contributed by atoms with van der Waals surface area (Å²) < 4.78 is 10.1. The molecule has 11 heteroatoms. The largest absolute Gasteiger partial charge is 0.480 e. The molecule has 3 aromatic rings. The van der Waals surface area contributed by atoms with Gasteiger partial charge in [0.2, 0.25) is 11.5 Å². The number of carboxylic acids is 1. The molecule has 1 aliphatic heterocycles. The predicted octanol–water partition coefficient (Wildman–Crippen LogP) is 3.03. The SMILES string of the molecule is O=C(Nc1nonc1C(=O)N1CSCC1C(=O)O)OCC1c2ccccc2-c2ccccc21. The van der Waals surface area contributed by atoms with E-state index >= 15 is 0 Å². The normalized spacial score (nSPS) is 16.8. The molecule has 1 saturated heterocycles. The number of amides is 2. The van der Waals surface area contributed by atoms with Crippen molar-refractivity contribution in [2.45, 2.75) is 12.0 Å². The number of anilines is 1. The van der Waals surface area contributed by atoms with Gasteiger partial charge in [0.1, 0.15) is 12.6 Å². The Morgan fingerprint density at radius 2 is 1.76 bits per heavy atom. The number of nitrogens with zero attached hydrogens (tertiary/aromatic N) is 3. The number of carbonyl (C=O) groups is 3. The highest BCUT2D eigenvalue weighted by atomic mass is 32.2. The molecule has 0 bridgehead atoms. The van der Waals surface area contributed by atoms with Gasteiger partial charge in [-0.15, -0.1) is 11.8 Å². The number of rotatable bonds is 5. The van der Waals surface area contributed by atoms with Crippen LogP contribution in [0.2, 0.25) is 0 Å². The third kappa shape index (κ3) is 3.80. The molecule has 2 N–H and O–H groups in total. The van der Waals surface area contributed by atoms with Crippen molar-refractivity contribution in [1.82, 2.24) is 15.2 Å². The van der Waals surface area contributed by atoms with E-state index in [4.69, 9.17) is 4.74 Å². The molecular formula is C22H18N4O6S. The molecule has 0 spiro atoms. The van der Waals surface area contributed by atoms with Crippen molar-refractivity contribution < 1.29 is 28.9 Å². The summed E-state index contributed by atoms with van der Waals surface area (Å²) in [4.78, 5) is 37.8. The van der Waals surface area contributed by atoms with Crippen LogP contribution in [0.4, 0.5) is 10.6 Å². The Morgan fingerprint density at radius 1 is 1.09 bits per heavy atom. The Labute approximate surface area is 191 Å². The molecule has 0 saturated carbocycles. The summed E-state index contributed by atoms with van der Waals surface area (Å²) in [6, 6.07) is 14.9. The van der Waals surface area contributed by atoms with Crippen molar-refractivity contribution in [3.05, 3.63) is 65.4 Å². The molecule has 5 rings (SSSR count). The Bertz CT molecular complexity index is 1200. The minimum Gasteiger partial charge on any atom is -0.480 e. The second kappa shape index (κ2) is 8.58. The molecule has 33 heavy (non-hydrogen) atoms. The summed E-state index contributed by atoms with van der Waals surface area (Å²) >= 11 is 1.31. The number of carbonyl (C=O) groups excluding carboxylic acids is 2. The second-order valence-electron chi connectivity index (χ2n) is 7.54. The smallest absolute Gasteiger partial charge is 0.412 e. The highest BCUT2D eigenvalue weighted by molar-refractivity contribution is 7.99. The Hall–Kier alpha value is -3.86. The van der Waals surface area contributed by atoms with Crippen LogP contribution >= 0.6 is 11.8 Å². The number of aliphatic carboxylic acids is 1. The molecule has 10 nitrogen and oxygen atoms in total. The van der Waals surface area contributed by atoms with Gasteiger partial charge in [-0.25, -0.2) is 14.2 Å². The van der Waals surface area contributed by atoms with Crippen molar-refractivity contribution in [2.75, 3.05) is 23.6 Å². The van der Waals surface area contributed by atoms with Crippen LogP contribution in [0, 0.1) is 0 Å². The van der Waals surface area contributed by atoms with Crippen LogP contribution in [0.25, 0.3) is 11.1 Å². The van der Waals surface area contributed by atoms with Crippen molar-refractivity contribution >= 4 is 35.5 Å². The van der Waals surface area contributed by atoms with Gasteiger partial charge in [-0.1, -0.05) is 48.5 Å². The number of hydrogen-bond donors (Lipinski definition) is 2. The molecule has 2 aliphatic rings. The number of hydrogen-bond acceptors (Lipinski definition) is 8. The summed E-state index contributed by atoms with van der Waals surface area (Å²) in [6.45, 7) is 0.0816. The van der Waals surface area contributed by atoms with E-state index in [1.54, 1.807) is 0 Å². The van der Waals surface area contributed by atoms with Crippen molar-refractivity contribution in [1.29, 1.82) is 0 Å². The van der Waals surface area contributed by atoms with Gasteiger partial charge in [0.05, 0.1) is 5.88 Å². The molecule has 168 valence electrons. The fourth-order valence-corrected chi connectivity index (χ4v) is 5.27. The number of benzene rings is 2. The molecule has 0 radical (unpaired) electrons. The van der Waals surface area contributed by atoms with E-state index in [2.05, 4.69) is 20.3 Å². The van der Waals surface area contributed by atoms with E-state index in [-0.39, 0.29) is 35.7 Å². The molecule has 1 unspecified atom stereocenters. The fraction of sp³-hybridized carbons (Fsp3) is 0.227. The van der Waals surface area contributed by atoms with Crippen LogP contribution in [0.5, 0.6) is 0 Å². The topological polar surface area (TPSA) is 135 Å². The lowest BCUT2D eigenvalue weighted by molar-refractivity contribution is -0.140. The number of fused-ring (bicyclic) bond motifs is 3. The van der Waals surface area contributed by atoms with Crippen LogP contribution < -0.4 is 5.32 Å². The van der Waals surface area contributed by atoms with E-state index in [0.29, 0.717) is 0 Å². The van der Waals surface area contributed by atoms with E-state index in [9.17, 15) is 19.5 Å². The summed E-state index contributed by atoms with van der Waals surface area (Å²) in [6.07, 6.45) is -0.827. The van der Waals surface area contributed by atoms with Gasteiger partial charge >= 0.3 is 12.1 Å². The Kier molecular flexibility index (Phi) is 5.47. The van der Waals surface area contributed by atoms with Gasteiger partial charge in [0.15, 0.2) is 0 Å². The van der Waals surface area contributed by atoms with Crippen molar-refractivity contribution in [3.63, 3.8) is 0 Å². The van der Waals surface area contributed by atoms with Gasteiger partial charge in [-0.2, -0.15) is 0 Å². The molecule has 2 aromatic carbocycles. The third-order valence-corrected chi connectivity index (χ3v) is 6.70. The lowest BCUT2D eigenvalue weighted by Crippen LogP contribution is -2.42. The van der Waals surface area contributed by atoms with E-state index in [1.165, 1.54) is 11.8 Å². The van der Waals surface area contributed by atoms with Crippen LogP contribution in [0.1, 0.15) is 27.5 Å². The van der Waals surface area contributed by atoms with Gasteiger partial charge in [-0.3, -0.25) is 10.1 Å². The predicted molar refractivity (Wildman–Crippen MR) is 118 cm³/mol. The van der Waals surface area contributed by atoms with Gasteiger partial charge in [0.25, 0.3) is 5.91 Å². The van der Waals surface area contributed by atoms with Crippen LogP contribution in [0.15, 0.2) is 53.2 Å². The zero-order valence-electron chi connectivity index (χ0n) is 17.1. The summed E-state index contributed by atoms with van der Waals surface area (Å²) in [7, 11) is 0. The number of ether oxygens (including phenoxy) is 1. The maximum absolute atomic E-state index is 12.8. The first-order chi connectivity index (χ1) is 16.0. The van der Waals surface area contributed by atoms with Crippen LogP contribution in [-0.4, -0.2) is 62.6 Å². The molecular weight excluding hydrogens is 448 g/mol.